The minimum absolute atomic E-state index is 0.113. The molecule has 0 fully saturated rings. The second-order valence-electron chi connectivity index (χ2n) is 13.7. The van der Waals surface area contributed by atoms with Gasteiger partial charge >= 0.3 is 0 Å². The lowest BCUT2D eigenvalue weighted by Gasteiger charge is -2.37. The monoisotopic (exact) mass is 628 g/mol. The van der Waals surface area contributed by atoms with Crippen LogP contribution in [0.4, 0.5) is 5.69 Å². The molecule has 9 aromatic rings. The maximum absolute atomic E-state index is 6.20. The van der Waals surface area contributed by atoms with Crippen LogP contribution in [0.5, 0.6) is 0 Å². The van der Waals surface area contributed by atoms with Crippen molar-refractivity contribution in [3.05, 3.63) is 163 Å². The van der Waals surface area contributed by atoms with Crippen LogP contribution in [0, 0.1) is 0 Å². The minimum atomic E-state index is 0.113. The smallest absolute Gasteiger partial charge is 0.135 e. The first-order chi connectivity index (χ1) is 24.2. The van der Waals surface area contributed by atoms with Crippen LogP contribution in [0.1, 0.15) is 36.1 Å². The molecule has 1 N–H and O–H groups in total. The zero-order valence-corrected chi connectivity index (χ0v) is 27.0. The number of aromatic nitrogens is 1. The molecular weight excluding hydrogens is 597 g/mol. The van der Waals surface area contributed by atoms with E-state index >= 15 is 0 Å². The lowest BCUT2D eigenvalue weighted by Crippen LogP contribution is -2.29. The number of nitrogens with zero attached hydrogens (tertiary/aromatic N) is 1. The number of hydrogen-bond acceptors (Lipinski definition) is 2. The molecule has 0 saturated heterocycles. The quantitative estimate of drug-likeness (QED) is 0.211. The number of hydrogen-bond donors (Lipinski definition) is 1. The van der Waals surface area contributed by atoms with Crippen LogP contribution in [0.2, 0.25) is 0 Å². The number of nitrogens with one attached hydrogen (secondary N) is 1. The highest BCUT2D eigenvalue weighted by Crippen LogP contribution is 2.58. The van der Waals surface area contributed by atoms with E-state index in [2.05, 4.69) is 162 Å². The van der Waals surface area contributed by atoms with Crippen molar-refractivity contribution in [3.8, 4) is 33.4 Å². The lowest BCUT2D eigenvalue weighted by atomic mass is 9.76. The summed E-state index contributed by atoms with van der Waals surface area (Å²) < 4.78 is 8.81. The summed E-state index contributed by atoms with van der Waals surface area (Å²) in [5.41, 5.74) is 16.0. The lowest BCUT2D eigenvalue weighted by molar-refractivity contribution is 0.435. The second kappa shape index (κ2) is 9.98. The Morgan fingerprint density at radius 1 is 0.531 bits per heavy atom. The predicted octanol–water partition coefficient (Wildman–Crippen LogP) is 12.5. The molecule has 4 heterocycles. The highest BCUT2D eigenvalue weighted by atomic mass is 16.3. The topological polar surface area (TPSA) is 30.1 Å². The Balaban J connectivity index is 1.13. The van der Waals surface area contributed by atoms with E-state index < -0.39 is 0 Å². The molecule has 3 unspecified atom stereocenters. The van der Waals surface area contributed by atoms with Gasteiger partial charge in [-0.15, -0.1) is 0 Å². The van der Waals surface area contributed by atoms with Gasteiger partial charge in [0.25, 0.3) is 0 Å². The molecule has 2 aliphatic rings. The van der Waals surface area contributed by atoms with Crippen LogP contribution < -0.4 is 5.32 Å². The highest BCUT2D eigenvalue weighted by Gasteiger charge is 2.44. The molecule has 3 nitrogen and oxygen atoms in total. The van der Waals surface area contributed by atoms with E-state index in [1.54, 1.807) is 0 Å². The van der Waals surface area contributed by atoms with E-state index in [4.69, 9.17) is 4.42 Å². The predicted molar refractivity (Wildman–Crippen MR) is 203 cm³/mol. The Morgan fingerprint density at radius 2 is 1.20 bits per heavy atom. The zero-order chi connectivity index (χ0) is 32.2. The van der Waals surface area contributed by atoms with E-state index in [1.807, 2.05) is 6.07 Å². The molecule has 7 aromatic carbocycles. The summed E-state index contributed by atoms with van der Waals surface area (Å²) in [5, 5.41) is 9.07. The van der Waals surface area contributed by atoms with Crippen LogP contribution in [-0.4, -0.2) is 4.57 Å². The summed E-state index contributed by atoms with van der Waals surface area (Å²) in [7, 11) is 0. The number of fused-ring (bicyclic) bond motifs is 10. The molecule has 3 atom stereocenters. The first-order valence-corrected chi connectivity index (χ1v) is 17.3. The van der Waals surface area contributed by atoms with Crippen LogP contribution >= 0.6 is 0 Å². The van der Waals surface area contributed by atoms with Crippen molar-refractivity contribution in [2.24, 2.45) is 0 Å². The standard InChI is InChI=1S/C46H32N2O/c1-27-35-25-36(28-12-4-2-5-13-28)37(29-14-6-3-7-15-29)26-39(35)47-46-43(27)34-22-21-31(44-33-17-8-10-18-40(33)48(46)45(34)44)30-20-23-42-38(24-30)32-16-9-11-19-41(32)49-42/h2-27,43,46-47H,1H3. The van der Waals surface area contributed by atoms with E-state index in [1.165, 1.54) is 72.0 Å². The average Bonchev–Trinajstić information content (AvgIpc) is 3.82. The van der Waals surface area contributed by atoms with Gasteiger partial charge < -0.3 is 14.3 Å². The fraction of sp³-hybridized carbons (Fsp3) is 0.0870. The molecule has 0 amide bonds. The Hall–Kier alpha value is -6.06. The molecule has 0 saturated carbocycles. The molecule has 0 bridgehead atoms. The van der Waals surface area contributed by atoms with Gasteiger partial charge in [-0.1, -0.05) is 122 Å². The Labute approximate surface area is 284 Å². The fourth-order valence-corrected chi connectivity index (χ4v) is 9.06. The van der Waals surface area contributed by atoms with Gasteiger partial charge in [-0.25, -0.2) is 0 Å². The Bertz CT molecular complexity index is 2770. The van der Waals surface area contributed by atoms with E-state index in [-0.39, 0.29) is 6.17 Å². The first-order valence-electron chi connectivity index (χ1n) is 17.3. The largest absolute Gasteiger partial charge is 0.456 e. The van der Waals surface area contributed by atoms with Crippen LogP contribution in [-0.2, 0) is 0 Å². The second-order valence-corrected chi connectivity index (χ2v) is 13.7. The third-order valence-corrected chi connectivity index (χ3v) is 11.2. The molecule has 232 valence electrons. The van der Waals surface area contributed by atoms with Gasteiger partial charge in [0, 0.05) is 33.2 Å². The number of benzene rings is 7. The first kappa shape index (κ1) is 26.9. The maximum Gasteiger partial charge on any atom is 0.135 e. The summed E-state index contributed by atoms with van der Waals surface area (Å²) in [4.78, 5) is 0. The summed E-state index contributed by atoms with van der Waals surface area (Å²) in [5.74, 6) is 0.616. The van der Waals surface area contributed by atoms with Crippen LogP contribution in [0.25, 0.3) is 77.1 Å². The van der Waals surface area contributed by atoms with Crippen LogP contribution in [0.3, 0.4) is 0 Å². The van der Waals surface area contributed by atoms with Gasteiger partial charge in [-0.3, -0.25) is 0 Å². The minimum Gasteiger partial charge on any atom is -0.456 e. The number of rotatable bonds is 3. The fourth-order valence-electron chi connectivity index (χ4n) is 9.06. The molecule has 11 rings (SSSR count). The molecule has 0 aliphatic carbocycles. The molecule has 3 heteroatoms. The summed E-state index contributed by atoms with van der Waals surface area (Å²) in [6.07, 6.45) is 0.113. The number of para-hydroxylation sites is 2. The Kier molecular flexibility index (Phi) is 5.49. The third-order valence-electron chi connectivity index (χ3n) is 11.2. The van der Waals surface area contributed by atoms with Crippen LogP contribution in [0.15, 0.2) is 156 Å². The third kappa shape index (κ3) is 3.73. The maximum atomic E-state index is 6.20. The average molecular weight is 629 g/mol. The van der Waals surface area contributed by atoms with Gasteiger partial charge in [0.05, 0.1) is 11.0 Å². The van der Waals surface area contributed by atoms with Crippen molar-refractivity contribution < 1.29 is 4.42 Å². The van der Waals surface area contributed by atoms with Crippen molar-refractivity contribution in [1.29, 1.82) is 0 Å². The molecular formula is C46H32N2O. The van der Waals surface area contributed by atoms with E-state index in [9.17, 15) is 0 Å². The van der Waals surface area contributed by atoms with E-state index in [0.717, 1.165) is 21.9 Å². The van der Waals surface area contributed by atoms with Gasteiger partial charge in [0.2, 0.25) is 0 Å². The zero-order valence-electron chi connectivity index (χ0n) is 27.0. The Morgan fingerprint density at radius 3 is 2.00 bits per heavy atom. The SMILES string of the molecule is CC1c2cc(-c3ccccc3)c(-c3ccccc3)cc2NC2C1c1ccc(-c3ccc4oc5ccccc5c4c3)c3c4ccccc4n2c13. The normalized spacial score (nSPS) is 17.9. The van der Waals surface area contributed by atoms with Gasteiger partial charge in [0.1, 0.15) is 17.3 Å². The van der Waals surface area contributed by atoms with Gasteiger partial charge in [-0.2, -0.15) is 0 Å². The van der Waals surface area contributed by atoms with Crippen molar-refractivity contribution in [1.82, 2.24) is 4.57 Å². The summed E-state index contributed by atoms with van der Waals surface area (Å²) in [6.45, 7) is 2.43. The number of furan rings is 1. The number of anilines is 1. The van der Waals surface area contributed by atoms with Gasteiger partial charge in [0.15, 0.2) is 0 Å². The van der Waals surface area contributed by atoms with Crippen molar-refractivity contribution in [2.75, 3.05) is 5.32 Å². The van der Waals surface area contributed by atoms with Gasteiger partial charge in [-0.05, 0) is 86.8 Å². The molecule has 0 spiro atoms. The molecule has 0 radical (unpaired) electrons. The summed E-state index contributed by atoms with van der Waals surface area (Å²) >= 11 is 0. The summed E-state index contributed by atoms with van der Waals surface area (Å²) in [6, 6.07) is 55.3. The van der Waals surface area contributed by atoms with E-state index in [0.29, 0.717) is 11.8 Å². The molecule has 2 aliphatic heterocycles. The molecule has 2 aromatic heterocycles. The molecule has 49 heavy (non-hydrogen) atoms. The van der Waals surface area contributed by atoms with Crippen molar-refractivity contribution in [3.63, 3.8) is 0 Å². The van der Waals surface area contributed by atoms with Crippen molar-refractivity contribution >= 4 is 49.4 Å². The highest BCUT2D eigenvalue weighted by molar-refractivity contribution is 6.18. The van der Waals surface area contributed by atoms with Crippen molar-refractivity contribution in [2.45, 2.75) is 24.9 Å².